The van der Waals surface area contributed by atoms with Crippen LogP contribution in [-0.2, 0) is 0 Å². The van der Waals surface area contributed by atoms with Crippen LogP contribution >= 0.6 is 0 Å². The Kier molecular flexibility index (Phi) is 4.55. The maximum atomic E-state index is 6.06. The molecule has 0 radical (unpaired) electrons. The molecule has 0 atom stereocenters. The van der Waals surface area contributed by atoms with Gasteiger partial charge in [0.15, 0.2) is 0 Å². The highest BCUT2D eigenvalue weighted by Crippen LogP contribution is 2.37. The van der Waals surface area contributed by atoms with Gasteiger partial charge in [0.1, 0.15) is 11.2 Å². The molecule has 0 amide bonds. The second-order valence-electron chi connectivity index (χ2n) is 9.81. The van der Waals surface area contributed by atoms with E-state index in [1.54, 1.807) is 0 Å². The minimum absolute atomic E-state index is 0.919. The van der Waals surface area contributed by atoms with E-state index in [-0.39, 0.29) is 0 Å². The molecule has 38 heavy (non-hydrogen) atoms. The normalized spacial score (nSPS) is 11.7. The number of hydrogen-bond donors (Lipinski definition) is 0. The van der Waals surface area contributed by atoms with E-state index in [1.165, 1.54) is 44.1 Å². The molecule has 0 saturated carbocycles. The van der Waals surface area contributed by atoms with E-state index in [1.807, 2.05) is 12.1 Å². The highest BCUT2D eigenvalue weighted by molar-refractivity contribution is 6.10. The summed E-state index contributed by atoms with van der Waals surface area (Å²) in [6.07, 6.45) is 0. The Morgan fingerprint density at radius 1 is 0.368 bits per heavy atom. The Bertz CT molecular complexity index is 2130. The van der Waals surface area contributed by atoms with Crippen molar-refractivity contribution in [3.63, 3.8) is 0 Å². The largest absolute Gasteiger partial charge is 0.456 e. The van der Waals surface area contributed by atoms with Crippen molar-refractivity contribution in [3.05, 3.63) is 140 Å². The summed E-state index contributed by atoms with van der Waals surface area (Å²) >= 11 is 0. The van der Waals surface area contributed by atoms with Crippen molar-refractivity contribution in [2.75, 3.05) is 0 Å². The highest BCUT2D eigenvalue weighted by atomic mass is 16.3. The van der Waals surface area contributed by atoms with Gasteiger partial charge in [0.05, 0.1) is 11.0 Å². The first kappa shape index (κ1) is 21.0. The molecule has 0 bridgehead atoms. The van der Waals surface area contributed by atoms with E-state index in [4.69, 9.17) is 4.42 Å². The fourth-order valence-electron chi connectivity index (χ4n) is 5.79. The number of nitrogens with zero attached hydrogens (tertiary/aromatic N) is 1. The van der Waals surface area contributed by atoms with Gasteiger partial charge in [0.2, 0.25) is 0 Å². The lowest BCUT2D eigenvalue weighted by Gasteiger charge is -2.11. The molecule has 2 aromatic heterocycles. The monoisotopic (exact) mass is 485 g/mol. The van der Waals surface area contributed by atoms with Crippen LogP contribution in [0.3, 0.4) is 0 Å². The number of benzene rings is 6. The maximum Gasteiger partial charge on any atom is 0.135 e. The van der Waals surface area contributed by atoms with Crippen molar-refractivity contribution in [2.45, 2.75) is 0 Å². The van der Waals surface area contributed by atoms with Gasteiger partial charge in [-0.1, -0.05) is 91.0 Å². The lowest BCUT2D eigenvalue weighted by molar-refractivity contribution is 0.669. The van der Waals surface area contributed by atoms with Crippen molar-refractivity contribution < 1.29 is 4.42 Å². The quantitative estimate of drug-likeness (QED) is 0.243. The van der Waals surface area contributed by atoms with Gasteiger partial charge in [-0.2, -0.15) is 0 Å². The molecule has 2 nitrogen and oxygen atoms in total. The smallest absolute Gasteiger partial charge is 0.135 e. The Morgan fingerprint density at radius 2 is 1.00 bits per heavy atom. The second-order valence-corrected chi connectivity index (χ2v) is 9.81. The van der Waals surface area contributed by atoms with E-state index in [2.05, 4.69) is 132 Å². The molecule has 0 spiro atoms. The molecule has 6 aromatic carbocycles. The summed E-state index contributed by atoms with van der Waals surface area (Å²) in [6, 6.07) is 49.7. The molecular formula is C36H23NO. The zero-order valence-corrected chi connectivity index (χ0v) is 20.6. The molecule has 0 N–H and O–H groups in total. The molecule has 0 aliphatic heterocycles. The number of furan rings is 1. The van der Waals surface area contributed by atoms with Crippen LogP contribution < -0.4 is 0 Å². The Hall–Kier alpha value is -5.08. The van der Waals surface area contributed by atoms with Crippen LogP contribution in [0.1, 0.15) is 0 Å². The number of hydrogen-bond acceptors (Lipinski definition) is 1. The standard InChI is InChI=1S/C36H23NO/c1-2-9-24(10-3-1)26-17-19-34-31(22-26)29-13-4-6-15-33(29)37(34)28-12-8-11-25(21-28)27-18-20-36-32(23-27)30-14-5-7-16-35(30)38-36/h1-23H. The van der Waals surface area contributed by atoms with E-state index < -0.39 is 0 Å². The molecule has 2 heteroatoms. The van der Waals surface area contributed by atoms with Crippen LogP contribution in [0.4, 0.5) is 0 Å². The Labute approximate surface area is 220 Å². The fraction of sp³-hybridized carbons (Fsp3) is 0. The molecule has 0 fully saturated rings. The highest BCUT2D eigenvalue weighted by Gasteiger charge is 2.14. The summed E-state index contributed by atoms with van der Waals surface area (Å²) in [7, 11) is 0. The summed E-state index contributed by atoms with van der Waals surface area (Å²) in [5.74, 6) is 0. The van der Waals surface area contributed by atoms with Crippen LogP contribution in [0.2, 0.25) is 0 Å². The molecule has 8 rings (SSSR count). The number of aromatic nitrogens is 1. The van der Waals surface area contributed by atoms with E-state index in [0.29, 0.717) is 0 Å². The first-order valence-corrected chi connectivity index (χ1v) is 12.9. The lowest BCUT2D eigenvalue weighted by atomic mass is 10.0. The van der Waals surface area contributed by atoms with Crippen LogP contribution in [0, 0.1) is 0 Å². The van der Waals surface area contributed by atoms with Crippen LogP contribution in [0.25, 0.3) is 71.7 Å². The van der Waals surface area contributed by atoms with Gasteiger partial charge in [0, 0.05) is 27.2 Å². The van der Waals surface area contributed by atoms with Gasteiger partial charge in [-0.05, 0) is 70.8 Å². The summed E-state index contributed by atoms with van der Waals surface area (Å²) in [4.78, 5) is 0. The third-order valence-electron chi connectivity index (χ3n) is 7.59. The zero-order chi connectivity index (χ0) is 25.1. The summed E-state index contributed by atoms with van der Waals surface area (Å²) < 4.78 is 8.44. The summed E-state index contributed by atoms with van der Waals surface area (Å²) in [6.45, 7) is 0. The SMILES string of the molecule is c1ccc(-c2ccc3c(c2)c2ccccc2n3-c2cccc(-c3ccc4oc5ccccc5c4c3)c2)cc1. The Balaban J connectivity index is 1.32. The van der Waals surface area contributed by atoms with Crippen LogP contribution in [0.5, 0.6) is 0 Å². The minimum Gasteiger partial charge on any atom is -0.456 e. The van der Waals surface area contributed by atoms with Crippen molar-refractivity contribution in [1.29, 1.82) is 0 Å². The fourth-order valence-corrected chi connectivity index (χ4v) is 5.79. The van der Waals surface area contributed by atoms with Gasteiger partial charge in [-0.15, -0.1) is 0 Å². The van der Waals surface area contributed by atoms with Gasteiger partial charge in [-0.3, -0.25) is 0 Å². The number of para-hydroxylation sites is 2. The van der Waals surface area contributed by atoms with Crippen molar-refractivity contribution in [3.8, 4) is 27.9 Å². The van der Waals surface area contributed by atoms with Gasteiger partial charge < -0.3 is 8.98 Å². The molecule has 0 saturated heterocycles. The first-order valence-electron chi connectivity index (χ1n) is 12.9. The van der Waals surface area contributed by atoms with Crippen molar-refractivity contribution >= 4 is 43.7 Å². The van der Waals surface area contributed by atoms with Gasteiger partial charge in [0.25, 0.3) is 0 Å². The van der Waals surface area contributed by atoms with Crippen LogP contribution in [-0.4, -0.2) is 4.57 Å². The molecule has 8 aromatic rings. The number of fused-ring (bicyclic) bond motifs is 6. The third-order valence-corrected chi connectivity index (χ3v) is 7.59. The van der Waals surface area contributed by atoms with Gasteiger partial charge in [-0.25, -0.2) is 0 Å². The van der Waals surface area contributed by atoms with E-state index in [9.17, 15) is 0 Å². The predicted molar refractivity (Wildman–Crippen MR) is 159 cm³/mol. The average molecular weight is 486 g/mol. The molecular weight excluding hydrogens is 462 g/mol. The average Bonchev–Trinajstić information content (AvgIpc) is 3.53. The minimum atomic E-state index is 0.919. The molecule has 0 unspecified atom stereocenters. The van der Waals surface area contributed by atoms with E-state index >= 15 is 0 Å². The predicted octanol–water partition coefficient (Wildman–Crippen LogP) is 10.0. The maximum absolute atomic E-state index is 6.06. The van der Waals surface area contributed by atoms with Crippen molar-refractivity contribution in [1.82, 2.24) is 4.57 Å². The molecule has 0 aliphatic carbocycles. The molecule has 2 heterocycles. The molecule has 178 valence electrons. The molecule has 0 aliphatic rings. The van der Waals surface area contributed by atoms with Crippen molar-refractivity contribution in [2.24, 2.45) is 0 Å². The summed E-state index contributed by atoms with van der Waals surface area (Å²) in [5.41, 5.74) is 10.2. The topological polar surface area (TPSA) is 18.1 Å². The van der Waals surface area contributed by atoms with Gasteiger partial charge >= 0.3 is 0 Å². The van der Waals surface area contributed by atoms with E-state index in [0.717, 1.165) is 27.6 Å². The second kappa shape index (κ2) is 8.22. The van der Waals surface area contributed by atoms with Crippen LogP contribution in [0.15, 0.2) is 144 Å². The summed E-state index contributed by atoms with van der Waals surface area (Å²) in [5, 5.41) is 4.82. The third kappa shape index (κ3) is 3.21. The Morgan fingerprint density at radius 3 is 1.92 bits per heavy atom. The first-order chi connectivity index (χ1) is 18.8. The zero-order valence-electron chi connectivity index (χ0n) is 20.6. The lowest BCUT2D eigenvalue weighted by Crippen LogP contribution is -1.94. The number of rotatable bonds is 3.